The molecule has 0 N–H and O–H groups in total. The van der Waals surface area contributed by atoms with Gasteiger partial charge in [0, 0.05) is 17.3 Å². The van der Waals surface area contributed by atoms with Gasteiger partial charge in [-0.3, -0.25) is 13.9 Å². The minimum absolute atomic E-state index is 0.109. The fourth-order valence-corrected chi connectivity index (χ4v) is 3.95. The third-order valence-corrected chi connectivity index (χ3v) is 6.10. The van der Waals surface area contributed by atoms with Crippen LogP contribution in [-0.4, -0.2) is 38.4 Å². The van der Waals surface area contributed by atoms with Crippen LogP contribution in [-0.2, 0) is 14.8 Å². The molecule has 6 nitrogen and oxygen atoms in total. The number of hydrogen-bond acceptors (Lipinski definition) is 4. The topological polar surface area (TPSA) is 74.8 Å². The van der Waals surface area contributed by atoms with E-state index in [4.69, 9.17) is 0 Å². The molecule has 150 valence electrons. The molecule has 0 aromatic heterocycles. The molecule has 0 radical (unpaired) electrons. The summed E-state index contributed by atoms with van der Waals surface area (Å²) in [6.45, 7) is 6.42. The van der Waals surface area contributed by atoms with Gasteiger partial charge in [0.1, 0.15) is 6.54 Å². The zero-order chi connectivity index (χ0) is 20.9. The van der Waals surface area contributed by atoms with E-state index in [-0.39, 0.29) is 30.0 Å². The molecule has 0 saturated heterocycles. The van der Waals surface area contributed by atoms with Gasteiger partial charge in [0.05, 0.1) is 11.4 Å². The van der Waals surface area contributed by atoms with E-state index in [0.717, 1.165) is 4.31 Å². The second-order valence-electron chi connectivity index (χ2n) is 6.70. The Morgan fingerprint density at radius 1 is 0.929 bits per heavy atom. The number of sulfonamides is 1. The molecule has 2 rings (SSSR count). The van der Waals surface area contributed by atoms with E-state index in [0.29, 0.717) is 16.9 Å². The van der Waals surface area contributed by atoms with Crippen molar-refractivity contribution in [2.24, 2.45) is 0 Å². The van der Waals surface area contributed by atoms with E-state index in [9.17, 15) is 18.0 Å². The zero-order valence-corrected chi connectivity index (χ0v) is 17.4. The summed E-state index contributed by atoms with van der Waals surface area (Å²) in [6, 6.07) is 15.3. The van der Waals surface area contributed by atoms with Crippen molar-refractivity contribution in [2.75, 3.05) is 21.5 Å². The van der Waals surface area contributed by atoms with Crippen molar-refractivity contribution in [3.8, 4) is 0 Å². The van der Waals surface area contributed by atoms with E-state index < -0.39 is 10.0 Å². The number of carbonyl (C=O) groups is 2. The summed E-state index contributed by atoms with van der Waals surface area (Å²) >= 11 is 0. The summed E-state index contributed by atoms with van der Waals surface area (Å²) in [5, 5.41) is 0. The number of rotatable bonds is 8. The van der Waals surface area contributed by atoms with Crippen LogP contribution in [0.1, 0.15) is 38.1 Å². The molecule has 0 aliphatic rings. The lowest BCUT2D eigenvalue weighted by atomic mass is 10.1. The maximum absolute atomic E-state index is 13.1. The largest absolute Gasteiger partial charge is 0.308 e. The lowest BCUT2D eigenvalue weighted by Gasteiger charge is -2.30. The van der Waals surface area contributed by atoms with E-state index in [1.807, 2.05) is 44.2 Å². The first kappa shape index (κ1) is 21.6. The summed E-state index contributed by atoms with van der Waals surface area (Å²) in [6.07, 6.45) is 0. The van der Waals surface area contributed by atoms with Crippen LogP contribution in [0.5, 0.6) is 0 Å². The maximum atomic E-state index is 13.1. The number of hydrogen-bond donors (Lipinski definition) is 0. The van der Waals surface area contributed by atoms with E-state index in [1.54, 1.807) is 29.2 Å². The quantitative estimate of drug-likeness (QED) is 0.634. The van der Waals surface area contributed by atoms with Crippen LogP contribution in [0.3, 0.4) is 0 Å². The number of carbonyl (C=O) groups excluding carboxylic acids is 2. The molecular weight excluding hydrogens is 376 g/mol. The number of anilines is 2. The molecule has 0 fully saturated rings. The van der Waals surface area contributed by atoms with Crippen LogP contribution in [0.25, 0.3) is 0 Å². The molecule has 7 heteroatoms. The Morgan fingerprint density at radius 2 is 1.50 bits per heavy atom. The highest BCUT2D eigenvalue weighted by Crippen LogP contribution is 2.22. The molecule has 0 aliphatic heterocycles. The molecule has 0 spiro atoms. The standard InChI is InChI=1S/C21H26N2O4S/c1-5-28(26,27)22(19-13-11-18(12-14-19)17(4)24)15-21(25)23(16(2)3)20-9-7-6-8-10-20/h6-14,16H,5,15H2,1-4H3. The average Bonchev–Trinajstić information content (AvgIpc) is 2.66. The molecule has 0 heterocycles. The molecule has 2 aromatic rings. The average molecular weight is 403 g/mol. The van der Waals surface area contributed by atoms with E-state index in [1.165, 1.54) is 13.8 Å². The summed E-state index contributed by atoms with van der Waals surface area (Å²) in [5.74, 6) is -0.571. The van der Waals surface area contributed by atoms with Crippen LogP contribution >= 0.6 is 0 Å². The Morgan fingerprint density at radius 3 is 1.96 bits per heavy atom. The van der Waals surface area contributed by atoms with Crippen LogP contribution < -0.4 is 9.21 Å². The SMILES string of the molecule is CCS(=O)(=O)N(CC(=O)N(c1ccccc1)C(C)C)c1ccc(C(C)=O)cc1. The van der Waals surface area contributed by atoms with Crippen molar-refractivity contribution in [3.05, 3.63) is 60.2 Å². The van der Waals surface area contributed by atoms with Crippen LogP contribution in [0.2, 0.25) is 0 Å². The van der Waals surface area contributed by atoms with Crippen molar-refractivity contribution >= 4 is 33.1 Å². The highest BCUT2D eigenvalue weighted by Gasteiger charge is 2.28. The van der Waals surface area contributed by atoms with Crippen molar-refractivity contribution in [1.29, 1.82) is 0 Å². The van der Waals surface area contributed by atoms with Crippen molar-refractivity contribution in [1.82, 2.24) is 0 Å². The maximum Gasteiger partial charge on any atom is 0.247 e. The van der Waals surface area contributed by atoms with Gasteiger partial charge in [-0.1, -0.05) is 18.2 Å². The Kier molecular flexibility index (Phi) is 6.96. The minimum atomic E-state index is -3.68. The first-order chi connectivity index (χ1) is 13.2. The molecule has 1 amide bonds. The predicted molar refractivity (Wildman–Crippen MR) is 112 cm³/mol. The number of amides is 1. The van der Waals surface area contributed by atoms with Gasteiger partial charge in [-0.05, 0) is 64.1 Å². The summed E-state index contributed by atoms with van der Waals surface area (Å²) in [7, 11) is -3.68. The van der Waals surface area contributed by atoms with Gasteiger partial charge in [-0.2, -0.15) is 0 Å². The van der Waals surface area contributed by atoms with E-state index >= 15 is 0 Å². The third kappa shape index (κ3) is 4.98. The normalized spacial score (nSPS) is 11.3. The van der Waals surface area contributed by atoms with Gasteiger partial charge in [0.15, 0.2) is 5.78 Å². The number of Topliss-reactive ketones (excluding diaryl/α,β-unsaturated/α-hetero) is 1. The Bertz CT molecular complexity index is 923. The van der Waals surface area contributed by atoms with Crippen molar-refractivity contribution in [3.63, 3.8) is 0 Å². The Hall–Kier alpha value is -2.67. The van der Waals surface area contributed by atoms with Gasteiger partial charge < -0.3 is 4.90 Å². The van der Waals surface area contributed by atoms with Gasteiger partial charge in [-0.15, -0.1) is 0 Å². The van der Waals surface area contributed by atoms with Gasteiger partial charge in [0.2, 0.25) is 15.9 Å². The first-order valence-electron chi connectivity index (χ1n) is 9.16. The number of ketones is 1. The molecular formula is C21H26N2O4S. The zero-order valence-electron chi connectivity index (χ0n) is 16.6. The van der Waals surface area contributed by atoms with E-state index in [2.05, 4.69) is 0 Å². The smallest absolute Gasteiger partial charge is 0.247 e. The van der Waals surface area contributed by atoms with Crippen LogP contribution in [0, 0.1) is 0 Å². The van der Waals surface area contributed by atoms with Gasteiger partial charge >= 0.3 is 0 Å². The molecule has 0 bridgehead atoms. The highest BCUT2D eigenvalue weighted by molar-refractivity contribution is 7.92. The van der Waals surface area contributed by atoms with Crippen LogP contribution in [0.4, 0.5) is 11.4 Å². The Balaban J connectivity index is 2.39. The number of para-hydroxylation sites is 1. The number of benzene rings is 2. The van der Waals surface area contributed by atoms with Gasteiger partial charge in [0.25, 0.3) is 0 Å². The summed E-state index contributed by atoms with van der Waals surface area (Å²) < 4.78 is 26.5. The van der Waals surface area contributed by atoms with Crippen molar-refractivity contribution in [2.45, 2.75) is 33.7 Å². The highest BCUT2D eigenvalue weighted by atomic mass is 32.2. The van der Waals surface area contributed by atoms with Gasteiger partial charge in [-0.25, -0.2) is 8.42 Å². The third-order valence-electron chi connectivity index (χ3n) is 4.36. The fourth-order valence-electron chi connectivity index (χ4n) is 2.89. The Labute approximate surface area is 166 Å². The molecule has 0 atom stereocenters. The minimum Gasteiger partial charge on any atom is -0.308 e. The fraction of sp³-hybridized carbons (Fsp3) is 0.333. The second kappa shape index (κ2) is 9.01. The second-order valence-corrected chi connectivity index (χ2v) is 8.89. The summed E-state index contributed by atoms with van der Waals surface area (Å²) in [5.41, 5.74) is 1.55. The number of nitrogens with zero attached hydrogens (tertiary/aromatic N) is 2. The summed E-state index contributed by atoms with van der Waals surface area (Å²) in [4.78, 5) is 26.1. The lowest BCUT2D eigenvalue weighted by molar-refractivity contribution is -0.117. The predicted octanol–water partition coefficient (Wildman–Crippen LogP) is 3.49. The molecule has 2 aromatic carbocycles. The molecule has 0 unspecified atom stereocenters. The molecule has 0 aliphatic carbocycles. The molecule has 0 saturated carbocycles. The van der Waals surface area contributed by atoms with Crippen molar-refractivity contribution < 1.29 is 18.0 Å². The first-order valence-corrected chi connectivity index (χ1v) is 10.8. The molecule has 28 heavy (non-hydrogen) atoms. The lowest BCUT2D eigenvalue weighted by Crippen LogP contribution is -2.46. The van der Waals surface area contributed by atoms with Crippen LogP contribution in [0.15, 0.2) is 54.6 Å². The monoisotopic (exact) mass is 402 g/mol.